The standard InChI is InChI=1S/C15H27N3S/c1-13-16-7-9-18(13)12-14-6-5-8-17(14)10-11-19-15(2,3)4/h7,9,14H,5-6,8,10-12H2,1-4H3/t14-/m0/s1. The highest BCUT2D eigenvalue weighted by Crippen LogP contribution is 2.25. The molecule has 1 aliphatic rings. The first-order valence-electron chi connectivity index (χ1n) is 7.31. The third kappa shape index (κ3) is 4.53. The van der Waals surface area contributed by atoms with Gasteiger partial charge in [-0.3, -0.25) is 4.90 Å². The zero-order chi connectivity index (χ0) is 13.9. The Hall–Kier alpha value is -0.480. The molecule has 1 aliphatic heterocycles. The van der Waals surface area contributed by atoms with Crippen LogP contribution in [-0.2, 0) is 6.54 Å². The van der Waals surface area contributed by atoms with Crippen molar-refractivity contribution >= 4 is 11.8 Å². The van der Waals surface area contributed by atoms with Gasteiger partial charge in [-0.25, -0.2) is 4.98 Å². The molecule has 1 saturated heterocycles. The molecule has 2 rings (SSSR count). The number of aromatic nitrogens is 2. The number of rotatable bonds is 5. The first-order chi connectivity index (χ1) is 8.96. The average molecular weight is 281 g/mol. The van der Waals surface area contributed by atoms with Gasteiger partial charge < -0.3 is 4.57 Å². The molecule has 1 aromatic rings. The Kier molecular flexibility index (Phi) is 4.96. The van der Waals surface area contributed by atoms with Crippen molar-refractivity contribution in [2.24, 2.45) is 0 Å². The molecule has 0 saturated carbocycles. The molecule has 0 amide bonds. The van der Waals surface area contributed by atoms with Crippen molar-refractivity contribution in [3.63, 3.8) is 0 Å². The molecular weight excluding hydrogens is 254 g/mol. The summed E-state index contributed by atoms with van der Waals surface area (Å²) in [5, 5.41) is 0. The Labute approximate surface area is 121 Å². The lowest BCUT2D eigenvalue weighted by molar-refractivity contribution is 0.245. The van der Waals surface area contributed by atoms with Gasteiger partial charge in [0.05, 0.1) is 0 Å². The molecule has 0 spiro atoms. The zero-order valence-electron chi connectivity index (χ0n) is 12.7. The van der Waals surface area contributed by atoms with Crippen LogP contribution in [0.2, 0.25) is 0 Å². The molecule has 108 valence electrons. The minimum absolute atomic E-state index is 0.385. The molecule has 4 heteroatoms. The van der Waals surface area contributed by atoms with Crippen LogP contribution < -0.4 is 0 Å². The first-order valence-corrected chi connectivity index (χ1v) is 8.30. The number of imidazole rings is 1. The fraction of sp³-hybridized carbons (Fsp3) is 0.800. The maximum atomic E-state index is 4.32. The van der Waals surface area contributed by atoms with E-state index in [1.54, 1.807) is 0 Å². The quantitative estimate of drug-likeness (QED) is 0.827. The van der Waals surface area contributed by atoms with Gasteiger partial charge in [-0.15, -0.1) is 0 Å². The predicted octanol–water partition coefficient (Wildman–Crippen LogP) is 3.19. The fourth-order valence-electron chi connectivity index (χ4n) is 2.69. The van der Waals surface area contributed by atoms with Crippen LogP contribution in [0.4, 0.5) is 0 Å². The second-order valence-corrected chi connectivity index (χ2v) is 8.34. The number of aryl methyl sites for hydroxylation is 1. The van der Waals surface area contributed by atoms with Crippen molar-refractivity contribution in [1.29, 1.82) is 0 Å². The zero-order valence-corrected chi connectivity index (χ0v) is 13.5. The van der Waals surface area contributed by atoms with Crippen molar-refractivity contribution in [2.75, 3.05) is 18.8 Å². The van der Waals surface area contributed by atoms with Crippen molar-refractivity contribution in [3.8, 4) is 0 Å². The van der Waals surface area contributed by atoms with Crippen LogP contribution in [0.5, 0.6) is 0 Å². The normalized spacial score (nSPS) is 21.2. The van der Waals surface area contributed by atoms with E-state index in [9.17, 15) is 0 Å². The van der Waals surface area contributed by atoms with E-state index in [0.717, 1.165) is 12.4 Å². The van der Waals surface area contributed by atoms with E-state index >= 15 is 0 Å². The second kappa shape index (κ2) is 6.31. The Bertz CT molecular complexity index is 394. The minimum atomic E-state index is 0.385. The van der Waals surface area contributed by atoms with Gasteiger partial charge in [0.25, 0.3) is 0 Å². The van der Waals surface area contributed by atoms with E-state index in [1.807, 2.05) is 6.20 Å². The first kappa shape index (κ1) is 14.9. The summed E-state index contributed by atoms with van der Waals surface area (Å²) in [6.07, 6.45) is 6.69. The van der Waals surface area contributed by atoms with Crippen molar-refractivity contribution in [3.05, 3.63) is 18.2 Å². The maximum Gasteiger partial charge on any atom is 0.105 e. The van der Waals surface area contributed by atoms with E-state index in [1.165, 1.54) is 31.7 Å². The number of thioether (sulfide) groups is 1. The topological polar surface area (TPSA) is 21.1 Å². The summed E-state index contributed by atoms with van der Waals surface area (Å²) in [4.78, 5) is 6.98. The van der Waals surface area contributed by atoms with Crippen molar-refractivity contribution in [1.82, 2.24) is 14.5 Å². The summed E-state index contributed by atoms with van der Waals surface area (Å²) in [6, 6.07) is 0.702. The largest absolute Gasteiger partial charge is 0.334 e. The van der Waals surface area contributed by atoms with Gasteiger partial charge in [0, 0.05) is 42.0 Å². The molecule has 0 radical (unpaired) electrons. The van der Waals surface area contributed by atoms with Crippen LogP contribution in [0.1, 0.15) is 39.4 Å². The third-order valence-corrected chi connectivity index (χ3v) is 5.00. The summed E-state index contributed by atoms with van der Waals surface area (Å²) in [7, 11) is 0. The maximum absolute atomic E-state index is 4.32. The van der Waals surface area contributed by atoms with Crippen LogP contribution in [0.3, 0.4) is 0 Å². The van der Waals surface area contributed by atoms with Crippen LogP contribution in [-0.4, -0.2) is 44.1 Å². The van der Waals surface area contributed by atoms with Gasteiger partial charge in [-0.1, -0.05) is 20.8 Å². The van der Waals surface area contributed by atoms with Gasteiger partial charge in [0.15, 0.2) is 0 Å². The summed E-state index contributed by atoms with van der Waals surface area (Å²) in [5.74, 6) is 2.37. The Morgan fingerprint density at radius 1 is 1.42 bits per heavy atom. The summed E-state index contributed by atoms with van der Waals surface area (Å²) in [6.45, 7) is 12.6. The highest BCUT2D eigenvalue weighted by atomic mass is 32.2. The molecule has 19 heavy (non-hydrogen) atoms. The van der Waals surface area contributed by atoms with Crippen molar-refractivity contribution in [2.45, 2.75) is 57.9 Å². The molecular formula is C15H27N3S. The fourth-order valence-corrected chi connectivity index (χ4v) is 3.63. The molecule has 0 N–H and O–H groups in total. The SMILES string of the molecule is Cc1nccn1C[C@@H]1CCCN1CCSC(C)(C)C. The Morgan fingerprint density at radius 2 is 2.21 bits per heavy atom. The van der Waals surface area contributed by atoms with Crippen LogP contribution in [0.25, 0.3) is 0 Å². The molecule has 1 fully saturated rings. The van der Waals surface area contributed by atoms with E-state index in [4.69, 9.17) is 0 Å². The summed E-state index contributed by atoms with van der Waals surface area (Å²) >= 11 is 2.07. The van der Waals surface area contributed by atoms with E-state index in [0.29, 0.717) is 10.8 Å². The predicted molar refractivity (Wildman–Crippen MR) is 83.8 cm³/mol. The molecule has 0 aliphatic carbocycles. The highest BCUT2D eigenvalue weighted by Gasteiger charge is 2.25. The monoisotopic (exact) mass is 281 g/mol. The average Bonchev–Trinajstić information content (AvgIpc) is 2.89. The summed E-state index contributed by atoms with van der Waals surface area (Å²) < 4.78 is 2.68. The molecule has 1 aromatic heterocycles. The van der Waals surface area contributed by atoms with Crippen LogP contribution in [0.15, 0.2) is 12.4 Å². The second-order valence-electron chi connectivity index (χ2n) is 6.42. The Balaban J connectivity index is 1.82. The summed E-state index contributed by atoms with van der Waals surface area (Å²) in [5.41, 5.74) is 0. The van der Waals surface area contributed by atoms with Crippen LogP contribution in [0, 0.1) is 6.92 Å². The molecule has 0 unspecified atom stereocenters. The molecule has 3 nitrogen and oxygen atoms in total. The van der Waals surface area contributed by atoms with Gasteiger partial charge >= 0.3 is 0 Å². The van der Waals surface area contributed by atoms with Gasteiger partial charge in [-0.2, -0.15) is 11.8 Å². The highest BCUT2D eigenvalue weighted by molar-refractivity contribution is 8.00. The van der Waals surface area contributed by atoms with E-state index in [-0.39, 0.29) is 0 Å². The molecule has 2 heterocycles. The van der Waals surface area contributed by atoms with Gasteiger partial charge in [-0.05, 0) is 26.3 Å². The number of nitrogens with zero attached hydrogens (tertiary/aromatic N) is 3. The number of likely N-dealkylation sites (tertiary alicyclic amines) is 1. The minimum Gasteiger partial charge on any atom is -0.334 e. The van der Waals surface area contributed by atoms with Gasteiger partial charge in [0.2, 0.25) is 0 Å². The van der Waals surface area contributed by atoms with Crippen LogP contribution >= 0.6 is 11.8 Å². The lowest BCUT2D eigenvalue weighted by atomic mass is 10.2. The number of hydrogen-bond donors (Lipinski definition) is 0. The Morgan fingerprint density at radius 3 is 2.84 bits per heavy atom. The smallest absolute Gasteiger partial charge is 0.105 e. The molecule has 0 aromatic carbocycles. The lowest BCUT2D eigenvalue weighted by Crippen LogP contribution is -2.35. The number of hydrogen-bond acceptors (Lipinski definition) is 3. The van der Waals surface area contributed by atoms with Gasteiger partial charge in [0.1, 0.15) is 5.82 Å². The lowest BCUT2D eigenvalue weighted by Gasteiger charge is -2.26. The molecule has 1 atom stereocenters. The van der Waals surface area contributed by atoms with E-state index < -0.39 is 0 Å². The third-order valence-electron chi connectivity index (χ3n) is 3.74. The van der Waals surface area contributed by atoms with E-state index in [2.05, 4.69) is 60.1 Å². The van der Waals surface area contributed by atoms with Crippen molar-refractivity contribution < 1.29 is 0 Å². The molecule has 0 bridgehead atoms.